The predicted molar refractivity (Wildman–Crippen MR) is 78.5 cm³/mol. The van der Waals surface area contributed by atoms with Gasteiger partial charge in [-0.05, 0) is 37.4 Å². The van der Waals surface area contributed by atoms with E-state index in [-0.39, 0.29) is 23.9 Å². The largest absolute Gasteiger partial charge is 0.305 e. The van der Waals surface area contributed by atoms with Gasteiger partial charge in [0.05, 0.1) is 12.5 Å². The van der Waals surface area contributed by atoms with Gasteiger partial charge in [-0.1, -0.05) is 18.9 Å². The quantitative estimate of drug-likeness (QED) is 0.829. The van der Waals surface area contributed by atoms with Crippen LogP contribution in [-0.4, -0.2) is 40.3 Å². The summed E-state index contributed by atoms with van der Waals surface area (Å²) in [5, 5.41) is 3.22. The molecule has 112 valence electrons. The van der Waals surface area contributed by atoms with E-state index in [1.165, 1.54) is 4.90 Å². The summed E-state index contributed by atoms with van der Waals surface area (Å²) in [7, 11) is 0. The third-order valence-corrected chi connectivity index (χ3v) is 4.40. The molecule has 2 amide bonds. The van der Waals surface area contributed by atoms with E-state index in [2.05, 4.69) is 10.3 Å². The molecule has 1 aliphatic carbocycles. The van der Waals surface area contributed by atoms with Gasteiger partial charge in [0.2, 0.25) is 11.8 Å². The monoisotopic (exact) mass is 287 g/mol. The van der Waals surface area contributed by atoms with Crippen molar-refractivity contribution in [2.24, 2.45) is 0 Å². The second-order valence-corrected chi connectivity index (χ2v) is 5.86. The Morgan fingerprint density at radius 2 is 2.10 bits per heavy atom. The number of hydrogen-bond acceptors (Lipinski definition) is 4. The molecule has 1 aromatic rings. The summed E-state index contributed by atoms with van der Waals surface area (Å²) in [6.07, 6.45) is 8.89. The van der Waals surface area contributed by atoms with E-state index < -0.39 is 0 Å². The van der Waals surface area contributed by atoms with Gasteiger partial charge >= 0.3 is 0 Å². The Labute approximate surface area is 124 Å². The van der Waals surface area contributed by atoms with E-state index in [9.17, 15) is 9.59 Å². The molecule has 2 aliphatic rings. The van der Waals surface area contributed by atoms with Crippen molar-refractivity contribution in [2.75, 3.05) is 6.54 Å². The molecule has 1 N–H and O–H groups in total. The van der Waals surface area contributed by atoms with Crippen LogP contribution in [0.2, 0.25) is 0 Å². The van der Waals surface area contributed by atoms with Gasteiger partial charge in [0.1, 0.15) is 0 Å². The number of likely N-dealkylation sites (tertiary alicyclic amines) is 1. The summed E-state index contributed by atoms with van der Waals surface area (Å²) in [4.78, 5) is 30.0. The first-order valence-corrected chi connectivity index (χ1v) is 7.74. The van der Waals surface area contributed by atoms with Crippen molar-refractivity contribution in [1.29, 1.82) is 0 Å². The van der Waals surface area contributed by atoms with Gasteiger partial charge in [0, 0.05) is 18.4 Å². The van der Waals surface area contributed by atoms with Gasteiger partial charge < -0.3 is 5.32 Å². The maximum absolute atomic E-state index is 12.4. The van der Waals surface area contributed by atoms with Crippen molar-refractivity contribution < 1.29 is 9.59 Å². The predicted octanol–water partition coefficient (Wildman–Crippen LogP) is 1.28. The molecular formula is C16H21N3O2. The van der Waals surface area contributed by atoms with E-state index in [4.69, 9.17) is 0 Å². The Morgan fingerprint density at radius 3 is 2.81 bits per heavy atom. The lowest BCUT2D eigenvalue weighted by Gasteiger charge is -2.22. The minimum absolute atomic E-state index is 0.00854. The zero-order valence-electron chi connectivity index (χ0n) is 12.1. The molecule has 1 aliphatic heterocycles. The number of carbonyl (C=O) groups excluding carboxylic acids is 2. The number of rotatable bonds is 5. The Hall–Kier alpha value is -1.75. The number of imide groups is 1. The molecule has 1 saturated heterocycles. The first-order chi connectivity index (χ1) is 10.3. The highest BCUT2D eigenvalue weighted by atomic mass is 16.2. The maximum Gasteiger partial charge on any atom is 0.247 e. The van der Waals surface area contributed by atoms with Crippen LogP contribution >= 0.6 is 0 Å². The lowest BCUT2D eigenvalue weighted by molar-refractivity contribution is -0.141. The molecule has 2 heterocycles. The molecule has 2 fully saturated rings. The molecule has 1 saturated carbocycles. The molecule has 0 aromatic carbocycles. The van der Waals surface area contributed by atoms with Crippen LogP contribution in [0.5, 0.6) is 0 Å². The fraction of sp³-hybridized carbons (Fsp3) is 0.562. The molecular weight excluding hydrogens is 266 g/mol. The number of aromatic nitrogens is 1. The minimum atomic E-state index is -0.338. The number of nitrogens with one attached hydrogen (secondary N) is 1. The van der Waals surface area contributed by atoms with Gasteiger partial charge in [-0.15, -0.1) is 0 Å². The van der Waals surface area contributed by atoms with Gasteiger partial charge in [-0.3, -0.25) is 19.5 Å². The van der Waals surface area contributed by atoms with Crippen molar-refractivity contribution >= 4 is 11.8 Å². The van der Waals surface area contributed by atoms with E-state index in [1.807, 2.05) is 18.3 Å². The molecule has 0 spiro atoms. The number of amides is 2. The van der Waals surface area contributed by atoms with Gasteiger partial charge in [-0.25, -0.2) is 0 Å². The minimum Gasteiger partial charge on any atom is -0.305 e. The zero-order valence-corrected chi connectivity index (χ0v) is 12.1. The lowest BCUT2D eigenvalue weighted by Crippen LogP contribution is -2.43. The molecule has 1 unspecified atom stereocenters. The molecule has 5 nitrogen and oxygen atoms in total. The topological polar surface area (TPSA) is 62.3 Å². The van der Waals surface area contributed by atoms with Crippen molar-refractivity contribution in [3.63, 3.8) is 0 Å². The molecule has 3 rings (SSSR count). The van der Waals surface area contributed by atoms with Crippen LogP contribution in [0.15, 0.2) is 24.5 Å². The van der Waals surface area contributed by atoms with E-state index in [0.717, 1.165) is 37.7 Å². The SMILES string of the molecule is O=C1CC(NCCc2cccnc2)C(=O)N1C1CCCC1. The van der Waals surface area contributed by atoms with E-state index >= 15 is 0 Å². The average Bonchev–Trinajstić information content (AvgIpc) is 3.09. The van der Waals surface area contributed by atoms with Crippen LogP contribution in [0.25, 0.3) is 0 Å². The summed E-state index contributed by atoms with van der Waals surface area (Å²) in [5.41, 5.74) is 1.13. The number of nitrogens with zero attached hydrogens (tertiary/aromatic N) is 2. The van der Waals surface area contributed by atoms with Crippen molar-refractivity contribution in [2.45, 2.75) is 50.6 Å². The average molecular weight is 287 g/mol. The highest BCUT2D eigenvalue weighted by Crippen LogP contribution is 2.28. The van der Waals surface area contributed by atoms with Crippen LogP contribution in [0.3, 0.4) is 0 Å². The summed E-state index contributed by atoms with van der Waals surface area (Å²) in [6, 6.07) is 3.73. The fourth-order valence-corrected chi connectivity index (χ4v) is 3.29. The van der Waals surface area contributed by atoms with Crippen LogP contribution < -0.4 is 5.32 Å². The Kier molecular flexibility index (Phi) is 4.29. The zero-order chi connectivity index (χ0) is 14.7. The second-order valence-electron chi connectivity index (χ2n) is 5.86. The standard InChI is InChI=1S/C16H21N3O2/c20-15-10-14(16(21)19(15)13-5-1-2-6-13)18-9-7-12-4-3-8-17-11-12/h3-4,8,11,13-14,18H,1-2,5-7,9-10H2. The molecule has 1 aromatic heterocycles. The first-order valence-electron chi connectivity index (χ1n) is 7.74. The Morgan fingerprint density at radius 1 is 1.29 bits per heavy atom. The molecule has 1 atom stereocenters. The summed E-state index contributed by atoms with van der Waals surface area (Å²) in [5.74, 6) is -0.0381. The maximum atomic E-state index is 12.4. The summed E-state index contributed by atoms with van der Waals surface area (Å²) >= 11 is 0. The third-order valence-electron chi connectivity index (χ3n) is 4.40. The first kappa shape index (κ1) is 14.2. The van der Waals surface area contributed by atoms with Gasteiger partial charge in [0.15, 0.2) is 0 Å². The van der Waals surface area contributed by atoms with Gasteiger partial charge in [-0.2, -0.15) is 0 Å². The number of carbonyl (C=O) groups is 2. The van der Waals surface area contributed by atoms with Crippen molar-refractivity contribution in [1.82, 2.24) is 15.2 Å². The normalized spacial score (nSPS) is 23.2. The molecule has 0 radical (unpaired) electrons. The Balaban J connectivity index is 1.52. The lowest BCUT2D eigenvalue weighted by atomic mass is 10.2. The van der Waals surface area contributed by atoms with Crippen LogP contribution in [-0.2, 0) is 16.0 Å². The van der Waals surface area contributed by atoms with Crippen LogP contribution in [0.4, 0.5) is 0 Å². The second kappa shape index (κ2) is 6.35. The molecule has 5 heteroatoms. The molecule has 21 heavy (non-hydrogen) atoms. The number of hydrogen-bond donors (Lipinski definition) is 1. The third kappa shape index (κ3) is 3.13. The van der Waals surface area contributed by atoms with E-state index in [1.54, 1.807) is 6.20 Å². The number of pyridine rings is 1. The van der Waals surface area contributed by atoms with Crippen LogP contribution in [0.1, 0.15) is 37.7 Å². The van der Waals surface area contributed by atoms with Crippen molar-refractivity contribution in [3.05, 3.63) is 30.1 Å². The summed E-state index contributed by atoms with van der Waals surface area (Å²) in [6.45, 7) is 0.688. The smallest absolute Gasteiger partial charge is 0.247 e. The highest BCUT2D eigenvalue weighted by molar-refractivity contribution is 6.05. The van der Waals surface area contributed by atoms with E-state index in [0.29, 0.717) is 13.0 Å². The summed E-state index contributed by atoms with van der Waals surface area (Å²) < 4.78 is 0. The van der Waals surface area contributed by atoms with Crippen molar-refractivity contribution in [3.8, 4) is 0 Å². The van der Waals surface area contributed by atoms with Crippen LogP contribution in [0, 0.1) is 0 Å². The fourth-order valence-electron chi connectivity index (χ4n) is 3.29. The highest BCUT2D eigenvalue weighted by Gasteiger charge is 2.42. The van der Waals surface area contributed by atoms with Gasteiger partial charge in [0.25, 0.3) is 0 Å². The Bertz CT molecular complexity index is 512. The molecule has 0 bridgehead atoms.